The van der Waals surface area contributed by atoms with Crippen LogP contribution in [0.1, 0.15) is 56.0 Å². The number of benzene rings is 2. The maximum absolute atomic E-state index is 12.3. The molecule has 0 radical (unpaired) electrons. The lowest BCUT2D eigenvalue weighted by atomic mass is 9.86. The number of nitrogens with zero attached hydrogens (tertiary/aromatic N) is 1. The lowest BCUT2D eigenvalue weighted by Gasteiger charge is -2.28. The van der Waals surface area contributed by atoms with Crippen LogP contribution in [0, 0.1) is 0 Å². The molecule has 5 N–H and O–H groups in total. The standard InChI is InChI=1S/C27H33N5O3S/c1-17(2)35-27(34)32-20-10-8-19(9-11-20)25-29-16-24(36-25)22-13-12-21(14-23(22)28)31-26(33)30-15-18-6-4-3-5-7-18/h3-7,12-14,16-17,19-20H,8-11,15,28H2,1-2H3,(H,32,34)(H2,30,31,33)/t19-,20-. The van der Waals surface area contributed by atoms with Crippen molar-refractivity contribution in [1.82, 2.24) is 15.6 Å². The maximum Gasteiger partial charge on any atom is 0.407 e. The third-order valence-electron chi connectivity index (χ3n) is 6.14. The molecule has 1 aliphatic rings. The molecule has 0 bridgehead atoms. The molecule has 0 aliphatic heterocycles. The van der Waals surface area contributed by atoms with E-state index in [4.69, 9.17) is 10.5 Å². The second-order valence-electron chi connectivity index (χ2n) is 9.31. The Morgan fingerprint density at radius 2 is 1.86 bits per heavy atom. The van der Waals surface area contributed by atoms with E-state index in [0.29, 0.717) is 23.8 Å². The summed E-state index contributed by atoms with van der Waals surface area (Å²) in [6.45, 7) is 4.14. The van der Waals surface area contributed by atoms with Gasteiger partial charge in [-0.15, -0.1) is 11.3 Å². The van der Waals surface area contributed by atoms with Crippen molar-refractivity contribution in [2.75, 3.05) is 11.1 Å². The zero-order chi connectivity index (χ0) is 25.5. The average molecular weight is 508 g/mol. The number of carbonyl (C=O) groups excluding carboxylic acids is 2. The molecule has 4 rings (SSSR count). The summed E-state index contributed by atoms with van der Waals surface area (Å²) in [6.07, 6.45) is 5.15. The number of nitrogen functional groups attached to an aromatic ring is 1. The van der Waals surface area contributed by atoms with Crippen LogP contribution in [-0.4, -0.2) is 29.3 Å². The van der Waals surface area contributed by atoms with Gasteiger partial charge in [0.05, 0.1) is 16.0 Å². The lowest BCUT2D eigenvalue weighted by Crippen LogP contribution is -2.38. The molecule has 36 heavy (non-hydrogen) atoms. The Balaban J connectivity index is 1.30. The predicted octanol–water partition coefficient (Wildman–Crippen LogP) is 5.87. The van der Waals surface area contributed by atoms with Crippen LogP contribution in [0.25, 0.3) is 10.4 Å². The van der Waals surface area contributed by atoms with Crippen LogP contribution in [-0.2, 0) is 11.3 Å². The minimum absolute atomic E-state index is 0.121. The zero-order valence-corrected chi connectivity index (χ0v) is 21.4. The number of hydrogen-bond donors (Lipinski definition) is 4. The van der Waals surface area contributed by atoms with Gasteiger partial charge in [0.15, 0.2) is 0 Å². The van der Waals surface area contributed by atoms with Gasteiger partial charge < -0.3 is 26.4 Å². The Labute approximate surface area is 215 Å². The van der Waals surface area contributed by atoms with Crippen molar-refractivity contribution in [1.29, 1.82) is 0 Å². The Morgan fingerprint density at radius 1 is 1.11 bits per heavy atom. The molecule has 0 saturated heterocycles. The average Bonchev–Trinajstić information content (AvgIpc) is 3.33. The summed E-state index contributed by atoms with van der Waals surface area (Å²) in [5.74, 6) is 0.374. The molecule has 2 aromatic carbocycles. The molecule has 0 atom stereocenters. The van der Waals surface area contributed by atoms with Crippen LogP contribution >= 0.6 is 11.3 Å². The van der Waals surface area contributed by atoms with Crippen molar-refractivity contribution < 1.29 is 14.3 Å². The van der Waals surface area contributed by atoms with Gasteiger partial charge in [0, 0.05) is 41.6 Å². The van der Waals surface area contributed by atoms with E-state index in [9.17, 15) is 9.59 Å². The Hall–Kier alpha value is -3.59. The molecule has 1 aliphatic carbocycles. The van der Waals surface area contributed by atoms with E-state index in [1.54, 1.807) is 17.4 Å². The molecule has 1 fully saturated rings. The fourth-order valence-corrected chi connectivity index (χ4v) is 5.45. The predicted molar refractivity (Wildman–Crippen MR) is 144 cm³/mol. The SMILES string of the molecule is CC(C)OC(=O)N[C@H]1CC[C@H](c2ncc(-c3ccc(NC(=O)NCc4ccccc4)cc3N)s2)CC1. The molecule has 1 saturated carbocycles. The van der Waals surface area contributed by atoms with Gasteiger partial charge in [-0.25, -0.2) is 14.6 Å². The van der Waals surface area contributed by atoms with Crippen LogP contribution in [0.5, 0.6) is 0 Å². The number of urea groups is 1. The molecule has 190 valence electrons. The number of nitrogens with one attached hydrogen (secondary N) is 3. The van der Waals surface area contributed by atoms with Gasteiger partial charge in [0.25, 0.3) is 0 Å². The van der Waals surface area contributed by atoms with Gasteiger partial charge in [-0.3, -0.25) is 0 Å². The van der Waals surface area contributed by atoms with Gasteiger partial charge in [0.1, 0.15) is 0 Å². The summed E-state index contributed by atoms with van der Waals surface area (Å²) >= 11 is 1.65. The van der Waals surface area contributed by atoms with E-state index in [2.05, 4.69) is 20.9 Å². The smallest absolute Gasteiger partial charge is 0.407 e. The van der Waals surface area contributed by atoms with E-state index in [-0.39, 0.29) is 24.3 Å². The fourth-order valence-electron chi connectivity index (χ4n) is 4.32. The molecule has 9 heteroatoms. The summed E-state index contributed by atoms with van der Waals surface area (Å²) in [6, 6.07) is 15.1. The molecule has 3 amide bonds. The van der Waals surface area contributed by atoms with Gasteiger partial charge >= 0.3 is 12.1 Å². The monoisotopic (exact) mass is 507 g/mol. The van der Waals surface area contributed by atoms with Crippen LogP contribution in [0.3, 0.4) is 0 Å². The lowest BCUT2D eigenvalue weighted by molar-refractivity contribution is 0.109. The number of thiazole rings is 1. The minimum atomic E-state index is -0.341. The first-order chi connectivity index (χ1) is 17.4. The van der Waals surface area contributed by atoms with Crippen molar-refractivity contribution in [2.45, 2.75) is 64.1 Å². The number of carbonyl (C=O) groups is 2. The highest BCUT2D eigenvalue weighted by atomic mass is 32.1. The molecular formula is C27H33N5O3S. The molecule has 3 aromatic rings. The number of rotatable bonds is 7. The van der Waals surface area contributed by atoms with E-state index < -0.39 is 0 Å². The Morgan fingerprint density at radius 3 is 2.56 bits per heavy atom. The number of amides is 3. The van der Waals surface area contributed by atoms with E-state index >= 15 is 0 Å². The van der Waals surface area contributed by atoms with Crippen molar-refractivity contribution in [3.63, 3.8) is 0 Å². The third kappa shape index (κ3) is 6.97. The highest BCUT2D eigenvalue weighted by Crippen LogP contribution is 2.39. The highest BCUT2D eigenvalue weighted by Gasteiger charge is 2.26. The van der Waals surface area contributed by atoms with Gasteiger partial charge in [0.2, 0.25) is 0 Å². The van der Waals surface area contributed by atoms with Crippen LogP contribution in [0.15, 0.2) is 54.7 Å². The molecule has 0 unspecified atom stereocenters. The highest BCUT2D eigenvalue weighted by molar-refractivity contribution is 7.15. The molecule has 1 aromatic heterocycles. The number of anilines is 2. The zero-order valence-electron chi connectivity index (χ0n) is 20.6. The van der Waals surface area contributed by atoms with Gasteiger partial charge in [-0.2, -0.15) is 0 Å². The molecule has 1 heterocycles. The largest absolute Gasteiger partial charge is 0.447 e. The van der Waals surface area contributed by atoms with E-state index in [1.165, 1.54) is 0 Å². The van der Waals surface area contributed by atoms with E-state index in [1.807, 2.05) is 62.5 Å². The number of aromatic nitrogens is 1. The Bertz CT molecular complexity index is 1170. The quantitative estimate of drug-likeness (QED) is 0.298. The third-order valence-corrected chi connectivity index (χ3v) is 7.33. The number of hydrogen-bond acceptors (Lipinski definition) is 6. The van der Waals surface area contributed by atoms with Crippen molar-refractivity contribution in [2.24, 2.45) is 0 Å². The van der Waals surface area contributed by atoms with Crippen LogP contribution in [0.2, 0.25) is 0 Å². The first-order valence-electron chi connectivity index (χ1n) is 12.3. The summed E-state index contributed by atoms with van der Waals surface area (Å²) in [5, 5.41) is 9.74. The summed E-state index contributed by atoms with van der Waals surface area (Å²) in [5.41, 5.74) is 9.49. The molecular weight excluding hydrogens is 474 g/mol. The Kier molecular flexibility index (Phi) is 8.43. The number of alkyl carbamates (subject to hydrolysis) is 1. The van der Waals surface area contributed by atoms with Crippen LogP contribution in [0.4, 0.5) is 21.0 Å². The topological polar surface area (TPSA) is 118 Å². The molecule has 0 spiro atoms. The summed E-state index contributed by atoms with van der Waals surface area (Å²) in [4.78, 5) is 29.8. The van der Waals surface area contributed by atoms with Crippen molar-refractivity contribution in [3.8, 4) is 10.4 Å². The first kappa shape index (κ1) is 25.5. The number of nitrogens with two attached hydrogens (primary N) is 1. The van der Waals surface area contributed by atoms with Gasteiger partial charge in [-0.05, 0) is 63.3 Å². The first-order valence-corrected chi connectivity index (χ1v) is 13.1. The van der Waals surface area contributed by atoms with Crippen molar-refractivity contribution in [3.05, 3.63) is 65.3 Å². The maximum atomic E-state index is 12.3. The van der Waals surface area contributed by atoms with Crippen LogP contribution < -0.4 is 21.7 Å². The van der Waals surface area contributed by atoms with Gasteiger partial charge in [-0.1, -0.05) is 30.3 Å². The number of ether oxygens (including phenoxy) is 1. The second kappa shape index (κ2) is 11.9. The molecule has 8 nitrogen and oxygen atoms in total. The summed E-state index contributed by atoms with van der Waals surface area (Å²) in [7, 11) is 0. The normalized spacial score (nSPS) is 17.4. The van der Waals surface area contributed by atoms with Crippen molar-refractivity contribution >= 4 is 34.8 Å². The van der Waals surface area contributed by atoms with E-state index in [0.717, 1.165) is 46.7 Å². The second-order valence-corrected chi connectivity index (χ2v) is 10.4. The summed E-state index contributed by atoms with van der Waals surface area (Å²) < 4.78 is 5.19. The minimum Gasteiger partial charge on any atom is -0.447 e. The fraction of sp³-hybridized carbons (Fsp3) is 0.370.